The predicted octanol–water partition coefficient (Wildman–Crippen LogP) is 3.91. The van der Waals surface area contributed by atoms with Crippen molar-refractivity contribution < 1.29 is 9.59 Å². The van der Waals surface area contributed by atoms with E-state index in [2.05, 4.69) is 17.6 Å². The molecule has 4 nitrogen and oxygen atoms in total. The highest BCUT2D eigenvalue weighted by atomic mass is 16.2. The van der Waals surface area contributed by atoms with E-state index in [1.165, 1.54) is 24.8 Å². The van der Waals surface area contributed by atoms with Crippen molar-refractivity contribution in [3.63, 3.8) is 0 Å². The van der Waals surface area contributed by atoms with Crippen molar-refractivity contribution in [2.24, 2.45) is 23.2 Å². The molecule has 4 heteroatoms. The van der Waals surface area contributed by atoms with E-state index in [4.69, 9.17) is 0 Å². The van der Waals surface area contributed by atoms with Gasteiger partial charge in [-0.1, -0.05) is 19.1 Å². The third kappa shape index (κ3) is 3.26. The van der Waals surface area contributed by atoms with E-state index < -0.39 is 6.04 Å². The molecule has 0 aliphatic heterocycles. The van der Waals surface area contributed by atoms with E-state index >= 15 is 0 Å². The van der Waals surface area contributed by atoms with Crippen LogP contribution in [0.15, 0.2) is 24.3 Å². The summed E-state index contributed by atoms with van der Waals surface area (Å²) < 4.78 is 0. The second-order valence-corrected chi connectivity index (χ2v) is 8.93. The molecule has 4 saturated carbocycles. The lowest BCUT2D eigenvalue weighted by atomic mass is 9.49. The van der Waals surface area contributed by atoms with Crippen LogP contribution in [0.5, 0.6) is 0 Å². The van der Waals surface area contributed by atoms with Crippen molar-refractivity contribution in [1.82, 2.24) is 5.32 Å². The molecule has 0 spiro atoms. The Balaban J connectivity index is 1.37. The highest BCUT2D eigenvalue weighted by Crippen LogP contribution is 2.60. The number of hydrogen-bond acceptors (Lipinski definition) is 2. The van der Waals surface area contributed by atoms with Gasteiger partial charge in [-0.3, -0.25) is 9.59 Å². The van der Waals surface area contributed by atoms with E-state index in [1.54, 1.807) is 6.92 Å². The molecule has 0 radical (unpaired) electrons. The summed E-state index contributed by atoms with van der Waals surface area (Å²) in [4.78, 5) is 25.6. The quantitative estimate of drug-likeness (QED) is 0.842. The molecule has 1 aromatic rings. The fourth-order valence-corrected chi connectivity index (χ4v) is 5.88. The molecule has 1 aromatic carbocycles. The molecular formula is C22H30N2O2. The van der Waals surface area contributed by atoms with Gasteiger partial charge in [-0.15, -0.1) is 0 Å². The van der Waals surface area contributed by atoms with Crippen molar-refractivity contribution in [1.29, 1.82) is 0 Å². The zero-order chi connectivity index (χ0) is 18.3. The maximum Gasteiger partial charge on any atom is 0.246 e. The summed E-state index contributed by atoms with van der Waals surface area (Å²) in [5, 5.41) is 5.95. The molecule has 2 N–H and O–H groups in total. The van der Waals surface area contributed by atoms with E-state index in [9.17, 15) is 9.59 Å². The smallest absolute Gasteiger partial charge is 0.246 e. The van der Waals surface area contributed by atoms with Gasteiger partial charge >= 0.3 is 0 Å². The van der Waals surface area contributed by atoms with Crippen molar-refractivity contribution in [3.8, 4) is 0 Å². The first kappa shape index (κ1) is 17.6. The lowest BCUT2D eigenvalue weighted by molar-refractivity contribution is -0.147. The summed E-state index contributed by atoms with van der Waals surface area (Å²) in [6.07, 6.45) is 8.00. The molecule has 0 heterocycles. The summed E-state index contributed by atoms with van der Waals surface area (Å²) in [6, 6.07) is 7.37. The number of amides is 2. The number of benzene rings is 1. The number of aryl methyl sites for hydroxylation is 1. The number of hydrogen-bond donors (Lipinski definition) is 2. The van der Waals surface area contributed by atoms with Crippen LogP contribution >= 0.6 is 0 Å². The van der Waals surface area contributed by atoms with Gasteiger partial charge in [0.05, 0.1) is 0 Å². The van der Waals surface area contributed by atoms with Gasteiger partial charge in [0.25, 0.3) is 0 Å². The van der Waals surface area contributed by atoms with Crippen LogP contribution in [0.4, 0.5) is 5.69 Å². The molecule has 4 fully saturated rings. The Bertz CT molecular complexity index is 659. The van der Waals surface area contributed by atoms with Crippen molar-refractivity contribution in [2.75, 3.05) is 5.32 Å². The molecule has 1 atom stereocenters. The van der Waals surface area contributed by atoms with Crippen molar-refractivity contribution in [3.05, 3.63) is 29.8 Å². The Morgan fingerprint density at radius 3 is 2.08 bits per heavy atom. The fourth-order valence-electron chi connectivity index (χ4n) is 5.88. The van der Waals surface area contributed by atoms with Crippen LogP contribution in [0.1, 0.15) is 57.9 Å². The van der Waals surface area contributed by atoms with E-state index in [0.29, 0.717) is 0 Å². The van der Waals surface area contributed by atoms with Crippen molar-refractivity contribution >= 4 is 17.5 Å². The molecule has 4 aliphatic carbocycles. The van der Waals surface area contributed by atoms with Gasteiger partial charge in [0.2, 0.25) is 11.8 Å². The molecule has 2 amide bonds. The van der Waals surface area contributed by atoms with Crippen LogP contribution in [0.3, 0.4) is 0 Å². The molecular weight excluding hydrogens is 324 g/mol. The third-order valence-corrected chi connectivity index (χ3v) is 6.89. The molecule has 4 aliphatic rings. The standard InChI is InChI=1S/C22H30N2O2/c1-3-15-4-6-19(7-5-15)24-20(25)14(2)23-21(26)22-11-16-8-17(12-22)10-18(9-16)13-22/h4-7,14,16-18H,3,8-13H2,1-2H3,(H,23,26)(H,24,25)/t14-,16?,17?,18?,22?/m0/s1. The Labute approximate surface area is 156 Å². The summed E-state index contributed by atoms with van der Waals surface area (Å²) in [6.45, 7) is 3.89. The van der Waals surface area contributed by atoms with Crippen LogP contribution in [0.2, 0.25) is 0 Å². The van der Waals surface area contributed by atoms with E-state index in [1.807, 2.05) is 24.3 Å². The minimum absolute atomic E-state index is 0.112. The number of carbonyl (C=O) groups is 2. The highest BCUT2D eigenvalue weighted by Gasteiger charge is 2.54. The Hall–Kier alpha value is -1.84. The first-order valence-corrected chi connectivity index (χ1v) is 10.2. The summed E-state index contributed by atoms with van der Waals surface area (Å²) in [5.74, 6) is 2.16. The van der Waals surface area contributed by atoms with E-state index in [0.717, 1.165) is 49.1 Å². The minimum Gasteiger partial charge on any atom is -0.344 e. The summed E-state index contributed by atoms with van der Waals surface area (Å²) in [7, 11) is 0. The second-order valence-electron chi connectivity index (χ2n) is 8.93. The van der Waals surface area contributed by atoms with Crippen LogP contribution < -0.4 is 10.6 Å². The fraction of sp³-hybridized carbons (Fsp3) is 0.636. The van der Waals surface area contributed by atoms with Gasteiger partial charge in [0, 0.05) is 11.1 Å². The van der Waals surface area contributed by atoms with Crippen molar-refractivity contribution in [2.45, 2.75) is 64.8 Å². The van der Waals surface area contributed by atoms with Crippen LogP contribution in [-0.4, -0.2) is 17.9 Å². The highest BCUT2D eigenvalue weighted by molar-refractivity contribution is 5.97. The van der Waals surface area contributed by atoms with Gasteiger partial charge < -0.3 is 10.6 Å². The minimum atomic E-state index is -0.513. The average molecular weight is 354 g/mol. The normalized spacial score (nSPS) is 32.9. The Morgan fingerprint density at radius 2 is 1.58 bits per heavy atom. The van der Waals surface area contributed by atoms with Gasteiger partial charge in [0.15, 0.2) is 0 Å². The summed E-state index contributed by atoms with van der Waals surface area (Å²) in [5.41, 5.74) is 1.82. The van der Waals surface area contributed by atoms with E-state index in [-0.39, 0.29) is 17.2 Å². The number of anilines is 1. The number of rotatable bonds is 5. The summed E-state index contributed by atoms with van der Waals surface area (Å²) >= 11 is 0. The maximum absolute atomic E-state index is 13.1. The largest absolute Gasteiger partial charge is 0.344 e. The van der Waals surface area contributed by atoms with Gasteiger partial charge in [-0.05, 0) is 87.3 Å². The first-order valence-electron chi connectivity index (χ1n) is 10.2. The second kappa shape index (κ2) is 6.71. The van der Waals surface area contributed by atoms with Gasteiger partial charge in [0.1, 0.15) is 6.04 Å². The van der Waals surface area contributed by atoms with Gasteiger partial charge in [-0.25, -0.2) is 0 Å². The molecule has 0 unspecified atom stereocenters. The first-order chi connectivity index (χ1) is 12.5. The lowest BCUT2D eigenvalue weighted by Crippen LogP contribution is -2.56. The lowest BCUT2D eigenvalue weighted by Gasteiger charge is -2.55. The zero-order valence-electron chi connectivity index (χ0n) is 15.9. The zero-order valence-corrected chi connectivity index (χ0v) is 15.9. The Morgan fingerprint density at radius 1 is 1.04 bits per heavy atom. The number of carbonyl (C=O) groups excluding carboxylic acids is 2. The third-order valence-electron chi connectivity index (χ3n) is 6.89. The average Bonchev–Trinajstić information content (AvgIpc) is 2.61. The molecule has 0 aromatic heterocycles. The predicted molar refractivity (Wildman–Crippen MR) is 103 cm³/mol. The van der Waals surface area contributed by atoms with Gasteiger partial charge in [-0.2, -0.15) is 0 Å². The van der Waals surface area contributed by atoms with Crippen LogP contribution in [0.25, 0.3) is 0 Å². The monoisotopic (exact) mass is 354 g/mol. The molecule has 0 saturated heterocycles. The van der Waals surface area contributed by atoms with Crippen LogP contribution in [-0.2, 0) is 16.0 Å². The molecule has 26 heavy (non-hydrogen) atoms. The Kier molecular flexibility index (Phi) is 4.54. The number of nitrogens with one attached hydrogen (secondary N) is 2. The molecule has 5 rings (SSSR count). The molecule has 140 valence electrons. The molecule has 4 bridgehead atoms. The maximum atomic E-state index is 13.1. The topological polar surface area (TPSA) is 58.2 Å². The SMILES string of the molecule is CCc1ccc(NC(=O)[C@H](C)NC(=O)C23CC4CC(CC(C4)C2)C3)cc1. The van der Waals surface area contributed by atoms with Crippen LogP contribution in [0, 0.1) is 23.2 Å².